The van der Waals surface area contributed by atoms with Gasteiger partial charge in [-0.3, -0.25) is 20.2 Å². The van der Waals surface area contributed by atoms with Gasteiger partial charge in [0.05, 0.1) is 9.85 Å². The number of hydrogen-bond acceptors (Lipinski definition) is 6. The summed E-state index contributed by atoms with van der Waals surface area (Å²) < 4.78 is 0. The third-order valence-electron chi connectivity index (χ3n) is 4.29. The number of para-hydroxylation sites is 2. The molecule has 134 valence electrons. The Morgan fingerprint density at radius 2 is 1.62 bits per heavy atom. The molecule has 2 aromatic rings. The molecule has 8 nitrogen and oxygen atoms in total. The Kier molecular flexibility index (Phi) is 5.08. The summed E-state index contributed by atoms with van der Waals surface area (Å²) >= 11 is 5.49. The van der Waals surface area contributed by atoms with Crippen LogP contribution >= 0.6 is 12.2 Å². The lowest BCUT2D eigenvalue weighted by atomic mass is 10.1. The Morgan fingerprint density at radius 3 is 2.27 bits per heavy atom. The molecule has 3 rings (SSSR count). The Labute approximate surface area is 154 Å². The third-order valence-corrected chi connectivity index (χ3v) is 4.78. The molecule has 0 bridgehead atoms. The fourth-order valence-corrected chi connectivity index (χ4v) is 3.28. The molecule has 0 spiro atoms. The second-order valence-electron chi connectivity index (χ2n) is 5.83. The minimum absolute atomic E-state index is 0.00314. The molecule has 2 aromatic carbocycles. The van der Waals surface area contributed by atoms with Gasteiger partial charge >= 0.3 is 0 Å². The number of hydrogen-bond donors (Lipinski definition) is 0. The van der Waals surface area contributed by atoms with Gasteiger partial charge in [-0.25, -0.2) is 0 Å². The van der Waals surface area contributed by atoms with Crippen LogP contribution in [0.5, 0.6) is 0 Å². The summed E-state index contributed by atoms with van der Waals surface area (Å²) in [5, 5.41) is 22.1. The van der Waals surface area contributed by atoms with Crippen LogP contribution in [-0.4, -0.2) is 45.9 Å². The van der Waals surface area contributed by atoms with Crippen LogP contribution in [-0.2, 0) is 0 Å². The van der Waals surface area contributed by atoms with Crippen molar-refractivity contribution >= 4 is 34.3 Å². The lowest BCUT2D eigenvalue weighted by molar-refractivity contribution is -0.384. The smallest absolute Gasteiger partial charge is 0.292 e. The first-order valence-electron chi connectivity index (χ1n) is 7.99. The fourth-order valence-electron chi connectivity index (χ4n) is 2.97. The minimum Gasteiger partial charge on any atom is -0.362 e. The first kappa shape index (κ1) is 17.7. The van der Waals surface area contributed by atoms with E-state index in [1.165, 1.54) is 18.2 Å². The molecule has 0 unspecified atom stereocenters. The van der Waals surface area contributed by atoms with E-state index in [1.807, 2.05) is 9.80 Å². The van der Waals surface area contributed by atoms with Crippen molar-refractivity contribution in [1.29, 1.82) is 0 Å². The van der Waals surface area contributed by atoms with E-state index in [-0.39, 0.29) is 16.3 Å². The monoisotopic (exact) mass is 372 g/mol. The molecule has 0 aliphatic carbocycles. The molecule has 9 heteroatoms. The second-order valence-corrected chi connectivity index (χ2v) is 6.22. The molecular formula is C17H16N4O4S. The fraction of sp³-hybridized carbons (Fsp3) is 0.235. The number of benzene rings is 2. The predicted octanol–water partition coefficient (Wildman–Crippen LogP) is 3.00. The van der Waals surface area contributed by atoms with Gasteiger partial charge in [0.2, 0.25) is 0 Å². The van der Waals surface area contributed by atoms with E-state index in [4.69, 9.17) is 12.2 Å². The largest absolute Gasteiger partial charge is 0.362 e. The van der Waals surface area contributed by atoms with Crippen molar-refractivity contribution < 1.29 is 9.85 Å². The molecule has 1 saturated heterocycles. The molecule has 1 heterocycles. The van der Waals surface area contributed by atoms with Crippen LogP contribution in [0.4, 0.5) is 17.1 Å². The quantitative estimate of drug-likeness (QED) is 0.463. The molecule has 1 fully saturated rings. The summed E-state index contributed by atoms with van der Waals surface area (Å²) in [7, 11) is 0. The van der Waals surface area contributed by atoms with Crippen LogP contribution in [0, 0.1) is 20.2 Å². The summed E-state index contributed by atoms with van der Waals surface area (Å²) in [5.74, 6) is 0. The molecule has 0 radical (unpaired) electrons. The Morgan fingerprint density at radius 1 is 0.923 bits per heavy atom. The topological polar surface area (TPSA) is 92.8 Å². The SMILES string of the molecule is O=[N+]([O-])c1cccc(C(=S)N2CCN(c3ccccc3[N+](=O)[O-])CC2)c1. The molecule has 0 saturated carbocycles. The summed E-state index contributed by atoms with van der Waals surface area (Å²) in [6, 6.07) is 12.9. The van der Waals surface area contributed by atoms with E-state index in [2.05, 4.69) is 0 Å². The van der Waals surface area contributed by atoms with E-state index < -0.39 is 4.92 Å². The number of nitro groups is 2. The van der Waals surface area contributed by atoms with E-state index in [0.29, 0.717) is 42.4 Å². The summed E-state index contributed by atoms with van der Waals surface area (Å²) in [6.07, 6.45) is 0. The van der Waals surface area contributed by atoms with Crippen LogP contribution in [0.2, 0.25) is 0 Å². The highest BCUT2D eigenvalue weighted by Crippen LogP contribution is 2.28. The van der Waals surface area contributed by atoms with Gasteiger partial charge in [0.15, 0.2) is 0 Å². The van der Waals surface area contributed by atoms with Crippen LogP contribution in [0.1, 0.15) is 5.56 Å². The average molecular weight is 372 g/mol. The van der Waals surface area contributed by atoms with Crippen molar-refractivity contribution in [2.24, 2.45) is 0 Å². The van der Waals surface area contributed by atoms with E-state index >= 15 is 0 Å². The molecular weight excluding hydrogens is 356 g/mol. The van der Waals surface area contributed by atoms with E-state index in [1.54, 1.807) is 30.3 Å². The summed E-state index contributed by atoms with van der Waals surface area (Å²) in [5.41, 5.74) is 1.32. The highest BCUT2D eigenvalue weighted by molar-refractivity contribution is 7.80. The van der Waals surface area contributed by atoms with Crippen LogP contribution in [0.3, 0.4) is 0 Å². The first-order chi connectivity index (χ1) is 12.5. The molecule has 0 N–H and O–H groups in total. The van der Waals surface area contributed by atoms with Crippen molar-refractivity contribution in [2.45, 2.75) is 0 Å². The number of non-ortho nitro benzene ring substituents is 1. The predicted molar refractivity (Wildman–Crippen MR) is 102 cm³/mol. The number of nitro benzene ring substituents is 2. The van der Waals surface area contributed by atoms with Crippen molar-refractivity contribution in [3.63, 3.8) is 0 Å². The molecule has 1 aliphatic rings. The van der Waals surface area contributed by atoms with Crippen molar-refractivity contribution in [2.75, 3.05) is 31.1 Å². The van der Waals surface area contributed by atoms with Gasteiger partial charge in [0.25, 0.3) is 11.4 Å². The van der Waals surface area contributed by atoms with Crippen LogP contribution in [0.15, 0.2) is 48.5 Å². The number of piperazine rings is 1. The first-order valence-corrected chi connectivity index (χ1v) is 8.40. The van der Waals surface area contributed by atoms with Crippen molar-refractivity contribution in [3.8, 4) is 0 Å². The standard InChI is InChI=1S/C17H16N4O4S/c22-20(23)14-5-3-4-13(12-14)17(26)19-10-8-18(9-11-19)15-6-1-2-7-16(15)21(24)25/h1-7,12H,8-11H2. The Hall–Kier alpha value is -3.07. The maximum absolute atomic E-state index is 11.2. The molecule has 0 amide bonds. The number of nitrogens with zero attached hydrogens (tertiary/aromatic N) is 4. The normalized spacial score (nSPS) is 14.2. The number of rotatable bonds is 4. The molecule has 26 heavy (non-hydrogen) atoms. The van der Waals surface area contributed by atoms with Gasteiger partial charge < -0.3 is 9.80 Å². The Bertz CT molecular complexity index is 865. The zero-order valence-electron chi connectivity index (χ0n) is 13.8. The molecule has 1 aliphatic heterocycles. The van der Waals surface area contributed by atoms with Crippen LogP contribution < -0.4 is 4.90 Å². The third kappa shape index (κ3) is 3.62. The zero-order chi connectivity index (χ0) is 18.7. The van der Waals surface area contributed by atoms with Gasteiger partial charge in [0.1, 0.15) is 10.7 Å². The second kappa shape index (κ2) is 7.44. The number of anilines is 1. The summed E-state index contributed by atoms with van der Waals surface area (Å²) in [4.78, 5) is 25.8. The molecule has 0 aromatic heterocycles. The lowest BCUT2D eigenvalue weighted by Crippen LogP contribution is -2.48. The minimum atomic E-state index is -0.446. The van der Waals surface area contributed by atoms with Gasteiger partial charge in [-0.1, -0.05) is 36.5 Å². The van der Waals surface area contributed by atoms with E-state index in [0.717, 1.165) is 0 Å². The number of thiocarbonyl (C=S) groups is 1. The van der Waals surface area contributed by atoms with Gasteiger partial charge in [-0.05, 0) is 6.07 Å². The van der Waals surface area contributed by atoms with Gasteiger partial charge in [-0.2, -0.15) is 0 Å². The highest BCUT2D eigenvalue weighted by Gasteiger charge is 2.25. The zero-order valence-corrected chi connectivity index (χ0v) is 14.6. The maximum atomic E-state index is 11.2. The Balaban J connectivity index is 1.71. The van der Waals surface area contributed by atoms with Crippen molar-refractivity contribution in [3.05, 3.63) is 74.3 Å². The van der Waals surface area contributed by atoms with Gasteiger partial charge in [0, 0.05) is 49.9 Å². The van der Waals surface area contributed by atoms with Crippen molar-refractivity contribution in [1.82, 2.24) is 4.90 Å². The lowest BCUT2D eigenvalue weighted by Gasteiger charge is -2.37. The van der Waals surface area contributed by atoms with Crippen LogP contribution in [0.25, 0.3) is 0 Å². The molecule has 0 atom stereocenters. The average Bonchev–Trinajstić information content (AvgIpc) is 2.67. The summed E-state index contributed by atoms with van der Waals surface area (Å²) in [6.45, 7) is 2.35. The van der Waals surface area contributed by atoms with Gasteiger partial charge in [-0.15, -0.1) is 0 Å². The highest BCUT2D eigenvalue weighted by atomic mass is 32.1. The van der Waals surface area contributed by atoms with E-state index in [9.17, 15) is 20.2 Å². The maximum Gasteiger partial charge on any atom is 0.292 e.